The van der Waals surface area contributed by atoms with Gasteiger partial charge in [0, 0.05) is 26.7 Å². The van der Waals surface area contributed by atoms with Crippen molar-refractivity contribution < 1.29 is 4.79 Å². The minimum absolute atomic E-state index is 0.0400. The van der Waals surface area contributed by atoms with E-state index in [1.165, 1.54) is 0 Å². The summed E-state index contributed by atoms with van der Waals surface area (Å²) in [7, 11) is 0. The quantitative estimate of drug-likeness (QED) is 0.283. The number of carbonyl (C=O) groups is 1. The molecule has 5 rings (SSSR count). The fourth-order valence-electron chi connectivity index (χ4n) is 4.19. The molecule has 0 aliphatic heterocycles. The molecular formula is C25H22Cl2N6OS. The van der Waals surface area contributed by atoms with E-state index in [2.05, 4.69) is 26.6 Å². The van der Waals surface area contributed by atoms with Crippen LogP contribution in [0.15, 0.2) is 48.0 Å². The van der Waals surface area contributed by atoms with E-state index in [1.807, 2.05) is 49.0 Å². The number of aromatic nitrogens is 5. The summed E-state index contributed by atoms with van der Waals surface area (Å²) >= 11 is 14.0. The molecule has 178 valence electrons. The maximum atomic E-state index is 13.0. The van der Waals surface area contributed by atoms with Gasteiger partial charge in [-0.25, -0.2) is 9.67 Å². The zero-order valence-corrected chi connectivity index (χ0v) is 21.7. The number of hydrogen-bond acceptors (Lipinski definition) is 5. The molecule has 0 saturated heterocycles. The minimum Gasteiger partial charge on any atom is -0.321 e. The molecule has 35 heavy (non-hydrogen) atoms. The Morgan fingerprint density at radius 1 is 1.06 bits per heavy atom. The van der Waals surface area contributed by atoms with Crippen molar-refractivity contribution in [3.63, 3.8) is 0 Å². The predicted molar refractivity (Wildman–Crippen MR) is 141 cm³/mol. The van der Waals surface area contributed by atoms with Crippen molar-refractivity contribution >= 4 is 57.2 Å². The van der Waals surface area contributed by atoms with Gasteiger partial charge in [-0.3, -0.25) is 9.48 Å². The number of benzene rings is 1. The van der Waals surface area contributed by atoms with Gasteiger partial charge in [-0.2, -0.15) is 10.2 Å². The maximum Gasteiger partial charge on any atom is 0.246 e. The molecule has 5 aromatic rings. The van der Waals surface area contributed by atoms with E-state index in [0.717, 1.165) is 38.5 Å². The summed E-state index contributed by atoms with van der Waals surface area (Å²) in [6.45, 7) is 6.23. The highest BCUT2D eigenvalue weighted by molar-refractivity contribution is 7.13. The van der Waals surface area contributed by atoms with Crippen molar-refractivity contribution in [2.24, 2.45) is 0 Å². The molecule has 0 aliphatic carbocycles. The molecule has 4 heterocycles. The lowest BCUT2D eigenvalue weighted by Crippen LogP contribution is -2.20. The van der Waals surface area contributed by atoms with Crippen LogP contribution in [0, 0.1) is 20.8 Å². The number of hydrogen-bond donors (Lipinski definition) is 1. The molecule has 0 spiro atoms. The van der Waals surface area contributed by atoms with E-state index in [9.17, 15) is 4.79 Å². The smallest absolute Gasteiger partial charge is 0.246 e. The molecule has 0 radical (unpaired) electrons. The third-order valence-corrected chi connectivity index (χ3v) is 7.36. The van der Waals surface area contributed by atoms with Gasteiger partial charge in [-0.15, -0.1) is 11.3 Å². The molecule has 0 fully saturated rings. The van der Waals surface area contributed by atoms with Crippen molar-refractivity contribution in [2.75, 3.05) is 5.32 Å². The zero-order valence-electron chi connectivity index (χ0n) is 19.3. The van der Waals surface area contributed by atoms with Gasteiger partial charge >= 0.3 is 0 Å². The molecule has 0 atom stereocenters. The van der Waals surface area contributed by atoms with Gasteiger partial charge in [0.25, 0.3) is 0 Å². The summed E-state index contributed by atoms with van der Waals surface area (Å²) in [4.78, 5) is 18.7. The van der Waals surface area contributed by atoms with Crippen molar-refractivity contribution in [3.05, 3.63) is 80.7 Å². The first-order chi connectivity index (χ1) is 16.8. The number of rotatable bonds is 6. The third kappa shape index (κ3) is 4.57. The Balaban J connectivity index is 1.38. The standard InChI is InChI=1S/C25H22Cl2N6OS/c1-14-23-19(21-5-4-10-35-21)8-9-28-25(23)33(30-14)13-22(34)29-24-15(2)31-32(16(24)3)12-17-6-7-18(26)11-20(17)27/h4-11H,12-13H2,1-3H3,(H,29,34). The lowest BCUT2D eigenvalue weighted by Gasteiger charge is -2.09. The second-order valence-electron chi connectivity index (χ2n) is 8.26. The van der Waals surface area contributed by atoms with E-state index in [1.54, 1.807) is 34.3 Å². The van der Waals surface area contributed by atoms with E-state index in [4.69, 9.17) is 23.2 Å². The molecule has 1 amide bonds. The number of nitrogens with one attached hydrogen (secondary N) is 1. The molecular weight excluding hydrogens is 503 g/mol. The highest BCUT2D eigenvalue weighted by Crippen LogP contribution is 2.32. The minimum atomic E-state index is -0.201. The molecule has 10 heteroatoms. The number of anilines is 1. The molecule has 0 aliphatic rings. The Hall–Kier alpha value is -3.20. The Morgan fingerprint density at radius 3 is 2.60 bits per heavy atom. The average Bonchev–Trinajstić information content (AvgIpc) is 3.52. The summed E-state index contributed by atoms with van der Waals surface area (Å²) in [5, 5.41) is 16.4. The van der Waals surface area contributed by atoms with Crippen molar-refractivity contribution in [2.45, 2.75) is 33.9 Å². The third-order valence-electron chi connectivity index (χ3n) is 5.87. The number of fused-ring (bicyclic) bond motifs is 1. The SMILES string of the molecule is Cc1nn(Cc2ccc(Cl)cc2Cl)c(C)c1NC(=O)Cn1nc(C)c2c(-c3cccs3)ccnc21. The number of thiophene rings is 1. The number of aryl methyl sites for hydroxylation is 2. The first-order valence-electron chi connectivity index (χ1n) is 11.0. The summed E-state index contributed by atoms with van der Waals surface area (Å²) in [6.07, 6.45) is 1.76. The average molecular weight is 525 g/mol. The van der Waals surface area contributed by atoms with Gasteiger partial charge in [0.05, 0.1) is 34.7 Å². The summed E-state index contributed by atoms with van der Waals surface area (Å²) in [5.74, 6) is -0.201. The first-order valence-corrected chi connectivity index (χ1v) is 12.6. The van der Waals surface area contributed by atoms with Crippen LogP contribution in [0.4, 0.5) is 5.69 Å². The molecule has 0 saturated carbocycles. The fourth-order valence-corrected chi connectivity index (χ4v) is 5.41. The van der Waals surface area contributed by atoms with Crippen molar-refractivity contribution in [1.82, 2.24) is 24.5 Å². The van der Waals surface area contributed by atoms with E-state index < -0.39 is 0 Å². The van der Waals surface area contributed by atoms with Gasteiger partial charge in [0.1, 0.15) is 6.54 Å². The Bertz CT molecular complexity index is 1550. The van der Waals surface area contributed by atoms with Crippen LogP contribution < -0.4 is 5.32 Å². The lowest BCUT2D eigenvalue weighted by molar-refractivity contribution is -0.116. The molecule has 7 nitrogen and oxygen atoms in total. The molecule has 1 aromatic carbocycles. The Labute approximate surface area is 216 Å². The predicted octanol–water partition coefficient (Wildman–Crippen LogP) is 6.28. The van der Waals surface area contributed by atoms with Gasteiger partial charge in [0.15, 0.2) is 5.65 Å². The van der Waals surface area contributed by atoms with E-state index in [-0.39, 0.29) is 12.5 Å². The van der Waals surface area contributed by atoms with Crippen LogP contribution in [-0.2, 0) is 17.9 Å². The summed E-state index contributed by atoms with van der Waals surface area (Å²) in [5.41, 5.74) is 5.73. The van der Waals surface area contributed by atoms with Crippen LogP contribution in [0.2, 0.25) is 10.0 Å². The van der Waals surface area contributed by atoms with Crippen LogP contribution >= 0.6 is 34.5 Å². The van der Waals surface area contributed by atoms with Gasteiger partial charge in [0.2, 0.25) is 5.91 Å². The number of pyridine rings is 1. The van der Waals surface area contributed by atoms with Crippen LogP contribution in [0.1, 0.15) is 22.6 Å². The number of halogens is 2. The first kappa shape index (κ1) is 23.5. The van der Waals surface area contributed by atoms with Crippen LogP contribution in [0.3, 0.4) is 0 Å². The fraction of sp³-hybridized carbons (Fsp3) is 0.200. The number of carbonyl (C=O) groups excluding carboxylic acids is 1. The topological polar surface area (TPSA) is 77.6 Å². The lowest BCUT2D eigenvalue weighted by atomic mass is 10.1. The summed E-state index contributed by atoms with van der Waals surface area (Å²) in [6, 6.07) is 11.5. The largest absolute Gasteiger partial charge is 0.321 e. The highest BCUT2D eigenvalue weighted by Gasteiger charge is 2.19. The Kier molecular flexibility index (Phi) is 6.35. The molecule has 4 aromatic heterocycles. The van der Waals surface area contributed by atoms with Crippen molar-refractivity contribution in [3.8, 4) is 10.4 Å². The maximum absolute atomic E-state index is 13.0. The highest BCUT2D eigenvalue weighted by atomic mass is 35.5. The second kappa shape index (κ2) is 9.45. The van der Waals surface area contributed by atoms with Crippen LogP contribution in [0.5, 0.6) is 0 Å². The Morgan fingerprint density at radius 2 is 1.86 bits per heavy atom. The molecule has 0 unspecified atom stereocenters. The second-order valence-corrected chi connectivity index (χ2v) is 10.1. The number of nitrogens with zero attached hydrogens (tertiary/aromatic N) is 5. The molecule has 1 N–H and O–H groups in total. The van der Waals surface area contributed by atoms with Crippen LogP contribution in [0.25, 0.3) is 21.5 Å². The zero-order chi connectivity index (χ0) is 24.7. The van der Waals surface area contributed by atoms with E-state index >= 15 is 0 Å². The van der Waals surface area contributed by atoms with Gasteiger partial charge in [-0.1, -0.05) is 35.3 Å². The van der Waals surface area contributed by atoms with E-state index in [0.29, 0.717) is 27.9 Å². The molecule has 0 bridgehead atoms. The van der Waals surface area contributed by atoms with Crippen LogP contribution in [-0.4, -0.2) is 30.5 Å². The van der Waals surface area contributed by atoms with Crippen molar-refractivity contribution in [1.29, 1.82) is 0 Å². The normalized spacial score (nSPS) is 11.3. The van der Waals surface area contributed by atoms with Gasteiger partial charge < -0.3 is 5.32 Å². The number of amides is 1. The summed E-state index contributed by atoms with van der Waals surface area (Å²) < 4.78 is 3.47. The van der Waals surface area contributed by atoms with Gasteiger partial charge in [-0.05, 0) is 56.0 Å². The monoisotopic (exact) mass is 524 g/mol.